The van der Waals surface area contributed by atoms with Crippen molar-refractivity contribution in [3.05, 3.63) is 54.1 Å². The van der Waals surface area contributed by atoms with E-state index in [2.05, 4.69) is 4.72 Å². The van der Waals surface area contributed by atoms with Gasteiger partial charge in [-0.1, -0.05) is 18.2 Å². The van der Waals surface area contributed by atoms with Gasteiger partial charge in [-0.3, -0.25) is 4.72 Å². The van der Waals surface area contributed by atoms with Crippen molar-refractivity contribution in [3.8, 4) is 5.75 Å². The molecule has 0 bridgehead atoms. The first kappa shape index (κ1) is 14.4. The number of para-hydroxylation sites is 1. The minimum Gasteiger partial charge on any atom is -0.508 e. The van der Waals surface area contributed by atoms with Gasteiger partial charge in [-0.2, -0.15) is 0 Å². The highest BCUT2D eigenvalue weighted by atomic mass is 32.2. The summed E-state index contributed by atoms with van der Waals surface area (Å²) in [6.45, 7) is 0.314. The fourth-order valence-corrected chi connectivity index (χ4v) is 2.83. The van der Waals surface area contributed by atoms with Crippen molar-refractivity contribution >= 4 is 15.7 Å². The van der Waals surface area contributed by atoms with E-state index >= 15 is 0 Å². The van der Waals surface area contributed by atoms with E-state index in [1.165, 1.54) is 24.3 Å². The summed E-state index contributed by atoms with van der Waals surface area (Å²) in [5.74, 6) is 0.0173. The number of anilines is 1. The zero-order valence-electron chi connectivity index (χ0n) is 10.9. The molecule has 0 spiro atoms. The minimum atomic E-state index is -3.69. The van der Waals surface area contributed by atoms with Crippen molar-refractivity contribution in [1.29, 1.82) is 0 Å². The maximum Gasteiger partial charge on any atom is 0.261 e. The van der Waals surface area contributed by atoms with E-state index in [0.717, 1.165) is 5.56 Å². The monoisotopic (exact) mass is 293 g/mol. The highest BCUT2D eigenvalue weighted by Gasteiger charge is 2.15. The predicted octanol–water partition coefficient (Wildman–Crippen LogP) is 2.34. The molecule has 2 aromatic rings. The van der Waals surface area contributed by atoms with Crippen molar-refractivity contribution in [2.75, 3.05) is 11.8 Å². The maximum absolute atomic E-state index is 12.2. The van der Waals surface area contributed by atoms with Gasteiger partial charge in [0.2, 0.25) is 0 Å². The van der Waals surface area contributed by atoms with Gasteiger partial charge in [0.1, 0.15) is 5.75 Å². The van der Waals surface area contributed by atoms with Gasteiger partial charge in [-0.15, -0.1) is 0 Å². The topological polar surface area (TPSA) is 75.6 Å². The summed E-state index contributed by atoms with van der Waals surface area (Å²) in [5.41, 5.74) is 1.22. The summed E-state index contributed by atoms with van der Waals surface area (Å²) in [6, 6.07) is 12.4. The predicted molar refractivity (Wildman–Crippen MR) is 76.1 cm³/mol. The Morgan fingerprint density at radius 1 is 1.10 bits per heavy atom. The zero-order valence-corrected chi connectivity index (χ0v) is 11.7. The standard InChI is InChI=1S/C14H15NO4S/c1-19-10-11-4-2-3-5-14(11)15-20(17,18)13-8-6-12(16)7-9-13/h2-9,15-16H,10H2,1H3. The van der Waals surface area contributed by atoms with Crippen LogP contribution in [0.5, 0.6) is 5.75 Å². The lowest BCUT2D eigenvalue weighted by Gasteiger charge is -2.12. The van der Waals surface area contributed by atoms with Crippen molar-refractivity contribution in [2.45, 2.75) is 11.5 Å². The summed E-state index contributed by atoms with van der Waals surface area (Å²) in [5, 5.41) is 9.19. The Morgan fingerprint density at radius 2 is 1.75 bits per heavy atom. The first-order valence-corrected chi connectivity index (χ1v) is 7.40. The molecule has 6 heteroatoms. The van der Waals surface area contributed by atoms with Crippen LogP contribution in [0.15, 0.2) is 53.4 Å². The number of hydrogen-bond donors (Lipinski definition) is 2. The molecule has 0 aromatic heterocycles. The zero-order chi connectivity index (χ0) is 14.6. The summed E-state index contributed by atoms with van der Waals surface area (Å²) in [7, 11) is -2.14. The molecular weight excluding hydrogens is 278 g/mol. The molecule has 0 atom stereocenters. The summed E-state index contributed by atoms with van der Waals surface area (Å²) >= 11 is 0. The molecule has 106 valence electrons. The van der Waals surface area contributed by atoms with E-state index < -0.39 is 10.0 Å². The number of nitrogens with one attached hydrogen (secondary N) is 1. The second kappa shape index (κ2) is 5.94. The van der Waals surface area contributed by atoms with Crippen LogP contribution in [-0.2, 0) is 21.4 Å². The van der Waals surface area contributed by atoms with Gasteiger partial charge in [0, 0.05) is 12.7 Å². The summed E-state index contributed by atoms with van der Waals surface area (Å²) in [6.07, 6.45) is 0. The van der Waals surface area contributed by atoms with Crippen LogP contribution in [0.25, 0.3) is 0 Å². The number of methoxy groups -OCH3 is 1. The Hall–Kier alpha value is -2.05. The number of ether oxygens (including phenoxy) is 1. The van der Waals surface area contributed by atoms with Crippen LogP contribution in [0.1, 0.15) is 5.56 Å². The average Bonchev–Trinajstić information content (AvgIpc) is 2.41. The van der Waals surface area contributed by atoms with E-state index in [1.807, 2.05) is 6.07 Å². The van der Waals surface area contributed by atoms with Crippen LogP contribution < -0.4 is 4.72 Å². The molecule has 0 heterocycles. The molecule has 0 aliphatic heterocycles. The van der Waals surface area contributed by atoms with E-state index in [4.69, 9.17) is 4.74 Å². The molecule has 0 saturated heterocycles. The Morgan fingerprint density at radius 3 is 2.40 bits per heavy atom. The lowest BCUT2D eigenvalue weighted by Crippen LogP contribution is -2.14. The molecule has 0 unspecified atom stereocenters. The number of rotatable bonds is 5. The van der Waals surface area contributed by atoms with Gasteiger partial charge in [0.05, 0.1) is 17.2 Å². The first-order chi connectivity index (χ1) is 9.53. The molecule has 2 rings (SSSR count). The highest BCUT2D eigenvalue weighted by Crippen LogP contribution is 2.21. The molecule has 0 radical (unpaired) electrons. The smallest absolute Gasteiger partial charge is 0.261 e. The Kier molecular flexibility index (Phi) is 4.26. The third-order valence-corrected chi connectivity index (χ3v) is 4.09. The molecule has 5 nitrogen and oxygen atoms in total. The molecule has 0 amide bonds. The maximum atomic E-state index is 12.2. The van der Waals surface area contributed by atoms with Crippen LogP contribution in [0.4, 0.5) is 5.69 Å². The van der Waals surface area contributed by atoms with E-state index in [9.17, 15) is 13.5 Å². The number of aromatic hydroxyl groups is 1. The van der Waals surface area contributed by atoms with Crippen LogP contribution >= 0.6 is 0 Å². The van der Waals surface area contributed by atoms with Gasteiger partial charge in [0.15, 0.2) is 0 Å². The lowest BCUT2D eigenvalue weighted by atomic mass is 10.2. The molecule has 0 aliphatic carbocycles. The van der Waals surface area contributed by atoms with Gasteiger partial charge in [-0.05, 0) is 30.3 Å². The third kappa shape index (κ3) is 3.28. The molecular formula is C14H15NO4S. The molecule has 2 N–H and O–H groups in total. The van der Waals surface area contributed by atoms with Crippen molar-refractivity contribution in [1.82, 2.24) is 0 Å². The summed E-state index contributed by atoms with van der Waals surface area (Å²) in [4.78, 5) is 0.0857. The normalized spacial score (nSPS) is 11.2. The van der Waals surface area contributed by atoms with E-state index in [0.29, 0.717) is 12.3 Å². The second-order valence-corrected chi connectivity index (χ2v) is 5.87. The average molecular weight is 293 g/mol. The molecule has 0 saturated carbocycles. The Labute approximate surface area is 117 Å². The largest absolute Gasteiger partial charge is 0.508 e. The first-order valence-electron chi connectivity index (χ1n) is 5.91. The van der Waals surface area contributed by atoms with Crippen LogP contribution in [0.2, 0.25) is 0 Å². The third-order valence-electron chi connectivity index (χ3n) is 2.71. The van der Waals surface area contributed by atoms with E-state index in [1.54, 1.807) is 25.3 Å². The number of sulfonamides is 1. The quantitative estimate of drug-likeness (QED) is 0.887. The Bertz CT molecular complexity index is 681. The van der Waals surface area contributed by atoms with Crippen LogP contribution in [0, 0.1) is 0 Å². The number of benzene rings is 2. The van der Waals surface area contributed by atoms with Crippen LogP contribution in [0.3, 0.4) is 0 Å². The van der Waals surface area contributed by atoms with Gasteiger partial charge in [-0.25, -0.2) is 8.42 Å². The van der Waals surface area contributed by atoms with Crippen molar-refractivity contribution in [2.24, 2.45) is 0 Å². The molecule has 0 fully saturated rings. The highest BCUT2D eigenvalue weighted by molar-refractivity contribution is 7.92. The van der Waals surface area contributed by atoms with Gasteiger partial charge in [0.25, 0.3) is 10.0 Å². The Balaban J connectivity index is 2.31. The lowest BCUT2D eigenvalue weighted by molar-refractivity contribution is 0.185. The van der Waals surface area contributed by atoms with Crippen molar-refractivity contribution < 1.29 is 18.3 Å². The molecule has 0 aliphatic rings. The van der Waals surface area contributed by atoms with Crippen LogP contribution in [-0.4, -0.2) is 20.6 Å². The van der Waals surface area contributed by atoms with Gasteiger partial charge >= 0.3 is 0 Å². The molecule has 20 heavy (non-hydrogen) atoms. The fraction of sp³-hybridized carbons (Fsp3) is 0.143. The minimum absolute atomic E-state index is 0.0173. The SMILES string of the molecule is COCc1ccccc1NS(=O)(=O)c1ccc(O)cc1. The van der Waals surface area contributed by atoms with Crippen molar-refractivity contribution in [3.63, 3.8) is 0 Å². The van der Waals surface area contributed by atoms with Gasteiger partial charge < -0.3 is 9.84 Å². The second-order valence-electron chi connectivity index (χ2n) is 4.19. The fourth-order valence-electron chi connectivity index (χ4n) is 1.73. The van der Waals surface area contributed by atoms with E-state index in [-0.39, 0.29) is 10.6 Å². The summed E-state index contributed by atoms with van der Waals surface area (Å²) < 4.78 is 32.0. The number of hydrogen-bond acceptors (Lipinski definition) is 4. The molecule has 2 aromatic carbocycles. The number of phenols is 1. The number of phenolic OH excluding ortho intramolecular Hbond substituents is 1.